The molecule has 0 aliphatic heterocycles. The van der Waals surface area contributed by atoms with E-state index in [4.69, 9.17) is 9.72 Å². The Morgan fingerprint density at radius 2 is 1.94 bits per heavy atom. The number of carbonyl (C=O) groups is 1. The van der Waals surface area contributed by atoms with Crippen LogP contribution in [0.4, 0.5) is 0 Å². The number of thiophene rings is 1. The number of thioether (sulfide) groups is 1. The van der Waals surface area contributed by atoms with Crippen molar-refractivity contribution in [2.45, 2.75) is 30.8 Å². The highest BCUT2D eigenvalue weighted by Gasteiger charge is 2.24. The zero-order valence-corrected chi connectivity index (χ0v) is 20.5. The predicted molar refractivity (Wildman–Crippen MR) is 138 cm³/mol. The first-order chi connectivity index (χ1) is 16.6. The van der Waals surface area contributed by atoms with E-state index in [9.17, 15) is 9.59 Å². The SMILES string of the molecule is COc1ccc(-n2c(SCC(=O)NCCc3ccccc3)nc3sc4c(c3c2=O)CCC4)cc1. The standard InChI is InChI=1S/C26H25N3O3S2/c1-32-19-12-10-18(11-13-19)29-25(31)23-20-8-5-9-21(20)34-24(23)28-26(29)33-16-22(30)27-15-14-17-6-3-2-4-7-17/h2-4,6-7,10-13H,5,8-9,14-16H2,1H3,(H,27,30). The van der Waals surface area contributed by atoms with Gasteiger partial charge in [-0.1, -0.05) is 42.1 Å². The number of rotatable bonds is 8. The molecule has 4 aromatic rings. The van der Waals surface area contributed by atoms with Crippen molar-refractivity contribution < 1.29 is 9.53 Å². The maximum absolute atomic E-state index is 13.7. The van der Waals surface area contributed by atoms with Crippen LogP contribution in [0.25, 0.3) is 15.9 Å². The summed E-state index contributed by atoms with van der Waals surface area (Å²) in [4.78, 5) is 33.1. The summed E-state index contributed by atoms with van der Waals surface area (Å²) < 4.78 is 6.91. The maximum atomic E-state index is 13.7. The van der Waals surface area contributed by atoms with Gasteiger partial charge in [0.25, 0.3) is 5.56 Å². The number of aryl methyl sites for hydroxylation is 2. The van der Waals surface area contributed by atoms with Gasteiger partial charge in [-0.25, -0.2) is 4.98 Å². The molecular weight excluding hydrogens is 466 g/mol. The number of hydrogen-bond donors (Lipinski definition) is 1. The van der Waals surface area contributed by atoms with Crippen molar-refractivity contribution in [3.63, 3.8) is 0 Å². The summed E-state index contributed by atoms with van der Waals surface area (Å²) in [6.07, 6.45) is 3.79. The molecule has 0 saturated heterocycles. The first-order valence-corrected chi connectivity index (χ1v) is 13.1. The molecule has 5 rings (SSSR count). The number of nitrogens with one attached hydrogen (secondary N) is 1. The number of ether oxygens (including phenoxy) is 1. The second-order valence-corrected chi connectivity index (χ2v) is 10.2. The number of amides is 1. The second-order valence-electron chi connectivity index (χ2n) is 8.14. The Bertz CT molecular complexity index is 1380. The molecule has 1 aliphatic carbocycles. The minimum atomic E-state index is -0.0785. The lowest BCUT2D eigenvalue weighted by Crippen LogP contribution is -2.28. The summed E-state index contributed by atoms with van der Waals surface area (Å²) in [5.41, 5.74) is 2.98. The molecule has 2 heterocycles. The van der Waals surface area contributed by atoms with Crippen molar-refractivity contribution >= 4 is 39.2 Å². The number of hydrogen-bond acceptors (Lipinski definition) is 6. The molecule has 6 nitrogen and oxygen atoms in total. The third-order valence-corrected chi connectivity index (χ3v) is 8.07. The van der Waals surface area contributed by atoms with Crippen LogP contribution in [-0.4, -0.2) is 34.9 Å². The normalized spacial score (nSPS) is 12.6. The lowest BCUT2D eigenvalue weighted by molar-refractivity contribution is -0.118. The van der Waals surface area contributed by atoms with Crippen LogP contribution < -0.4 is 15.6 Å². The molecule has 1 amide bonds. The number of benzene rings is 2. The zero-order valence-electron chi connectivity index (χ0n) is 18.9. The Balaban J connectivity index is 1.40. The number of fused-ring (bicyclic) bond motifs is 3. The van der Waals surface area contributed by atoms with Crippen LogP contribution in [0.3, 0.4) is 0 Å². The Hall–Kier alpha value is -3.10. The molecule has 0 radical (unpaired) electrons. The second kappa shape index (κ2) is 10.0. The molecule has 174 valence electrons. The van der Waals surface area contributed by atoms with E-state index in [0.717, 1.165) is 41.5 Å². The monoisotopic (exact) mass is 491 g/mol. The fraction of sp³-hybridized carbons (Fsp3) is 0.269. The zero-order chi connectivity index (χ0) is 23.5. The molecule has 0 unspecified atom stereocenters. The van der Waals surface area contributed by atoms with Gasteiger partial charge in [0.1, 0.15) is 10.6 Å². The van der Waals surface area contributed by atoms with Crippen LogP contribution in [0.2, 0.25) is 0 Å². The molecule has 1 N–H and O–H groups in total. The Morgan fingerprint density at radius 1 is 1.15 bits per heavy atom. The van der Waals surface area contributed by atoms with Crippen LogP contribution in [-0.2, 0) is 24.1 Å². The first kappa shape index (κ1) is 22.7. The van der Waals surface area contributed by atoms with Gasteiger partial charge in [-0.05, 0) is 61.1 Å². The van der Waals surface area contributed by atoms with Gasteiger partial charge >= 0.3 is 0 Å². The van der Waals surface area contributed by atoms with Crippen molar-refractivity contribution in [3.05, 3.63) is 81.0 Å². The molecule has 0 bridgehead atoms. The van der Waals surface area contributed by atoms with E-state index < -0.39 is 0 Å². The highest BCUT2D eigenvalue weighted by Crippen LogP contribution is 2.36. The molecular formula is C26H25N3O3S2. The number of carbonyl (C=O) groups excluding carboxylic acids is 1. The van der Waals surface area contributed by atoms with E-state index >= 15 is 0 Å². The van der Waals surface area contributed by atoms with Gasteiger partial charge in [-0.2, -0.15) is 0 Å². The van der Waals surface area contributed by atoms with Crippen LogP contribution in [0.5, 0.6) is 5.75 Å². The molecule has 2 aromatic carbocycles. The Labute approximate surface area is 206 Å². The Morgan fingerprint density at radius 3 is 2.71 bits per heavy atom. The van der Waals surface area contributed by atoms with Crippen LogP contribution in [0.1, 0.15) is 22.4 Å². The molecule has 0 fully saturated rings. The van der Waals surface area contributed by atoms with E-state index in [0.29, 0.717) is 23.1 Å². The van der Waals surface area contributed by atoms with Gasteiger partial charge in [-0.3, -0.25) is 14.2 Å². The summed E-state index contributed by atoms with van der Waals surface area (Å²) in [6.45, 7) is 0.568. The van der Waals surface area contributed by atoms with Crippen LogP contribution in [0.15, 0.2) is 64.5 Å². The largest absolute Gasteiger partial charge is 0.497 e. The summed E-state index contributed by atoms with van der Waals surface area (Å²) in [5, 5.41) is 4.23. The summed E-state index contributed by atoms with van der Waals surface area (Å²) in [6, 6.07) is 17.4. The van der Waals surface area contributed by atoms with Gasteiger partial charge in [0.15, 0.2) is 5.16 Å². The average molecular weight is 492 g/mol. The first-order valence-electron chi connectivity index (χ1n) is 11.3. The molecule has 2 aromatic heterocycles. The number of aromatic nitrogens is 2. The fourth-order valence-electron chi connectivity index (χ4n) is 4.25. The third-order valence-electron chi connectivity index (χ3n) is 5.95. The van der Waals surface area contributed by atoms with Gasteiger partial charge in [-0.15, -0.1) is 11.3 Å². The van der Waals surface area contributed by atoms with E-state index in [2.05, 4.69) is 5.32 Å². The molecule has 0 saturated carbocycles. The van der Waals surface area contributed by atoms with Gasteiger partial charge in [0.2, 0.25) is 5.91 Å². The predicted octanol–water partition coefficient (Wildman–Crippen LogP) is 4.40. The minimum absolute atomic E-state index is 0.0680. The van der Waals surface area contributed by atoms with Crippen molar-refractivity contribution in [1.82, 2.24) is 14.9 Å². The molecule has 34 heavy (non-hydrogen) atoms. The summed E-state index contributed by atoms with van der Waals surface area (Å²) >= 11 is 2.90. The van der Waals surface area contributed by atoms with E-state index in [1.807, 2.05) is 54.6 Å². The highest BCUT2D eigenvalue weighted by molar-refractivity contribution is 7.99. The topological polar surface area (TPSA) is 73.2 Å². The number of methoxy groups -OCH3 is 1. The van der Waals surface area contributed by atoms with Gasteiger partial charge < -0.3 is 10.1 Å². The summed E-state index contributed by atoms with van der Waals surface area (Å²) in [5.74, 6) is 0.827. The maximum Gasteiger partial charge on any atom is 0.267 e. The van der Waals surface area contributed by atoms with Crippen molar-refractivity contribution in [1.29, 1.82) is 0 Å². The average Bonchev–Trinajstić information content (AvgIpc) is 3.45. The molecule has 0 atom stereocenters. The minimum Gasteiger partial charge on any atom is -0.497 e. The Kier molecular flexibility index (Phi) is 6.69. The fourth-order valence-corrected chi connectivity index (χ4v) is 6.40. The van der Waals surface area contributed by atoms with E-state index in [1.54, 1.807) is 23.0 Å². The molecule has 8 heteroatoms. The highest BCUT2D eigenvalue weighted by atomic mass is 32.2. The number of nitrogens with zero attached hydrogens (tertiary/aromatic N) is 2. The molecule has 0 spiro atoms. The van der Waals surface area contributed by atoms with Crippen molar-refractivity contribution in [3.8, 4) is 11.4 Å². The lowest BCUT2D eigenvalue weighted by atomic mass is 10.1. The summed E-state index contributed by atoms with van der Waals surface area (Å²) in [7, 11) is 1.61. The quantitative estimate of drug-likeness (QED) is 0.292. The van der Waals surface area contributed by atoms with Crippen LogP contribution in [0, 0.1) is 0 Å². The van der Waals surface area contributed by atoms with E-state index in [1.165, 1.54) is 22.2 Å². The third kappa shape index (κ3) is 4.60. The van der Waals surface area contributed by atoms with E-state index in [-0.39, 0.29) is 17.2 Å². The van der Waals surface area contributed by atoms with Crippen LogP contribution >= 0.6 is 23.1 Å². The smallest absolute Gasteiger partial charge is 0.267 e. The van der Waals surface area contributed by atoms with Crippen molar-refractivity contribution in [2.75, 3.05) is 19.4 Å². The van der Waals surface area contributed by atoms with Gasteiger partial charge in [0, 0.05) is 11.4 Å². The van der Waals surface area contributed by atoms with Gasteiger partial charge in [0.05, 0.1) is 23.9 Å². The lowest BCUT2D eigenvalue weighted by Gasteiger charge is -2.13. The van der Waals surface area contributed by atoms with Crippen molar-refractivity contribution in [2.24, 2.45) is 0 Å². The molecule has 1 aliphatic rings.